The van der Waals surface area contributed by atoms with Gasteiger partial charge in [-0.15, -0.1) is 0 Å². The Kier molecular flexibility index (Phi) is 9.18. The van der Waals surface area contributed by atoms with Gasteiger partial charge in [-0.2, -0.15) is 0 Å². The summed E-state index contributed by atoms with van der Waals surface area (Å²) in [5.41, 5.74) is 0. The average Bonchev–Trinajstić information content (AvgIpc) is 2.79. The summed E-state index contributed by atoms with van der Waals surface area (Å²) in [5, 5.41) is 0. The van der Waals surface area contributed by atoms with Gasteiger partial charge in [0.05, 0.1) is 0 Å². The largest absolute Gasteiger partial charge is 0.384 e. The highest BCUT2D eigenvalue weighted by atomic mass is 16.5. The summed E-state index contributed by atoms with van der Waals surface area (Å²) in [6.45, 7) is 3.33. The first-order valence-electron chi connectivity index (χ1n) is 6.32. The molecule has 0 spiro atoms. The molecule has 1 nitrogen and oxygen atoms in total. The van der Waals surface area contributed by atoms with Crippen LogP contribution in [0.4, 0.5) is 0 Å². The van der Waals surface area contributed by atoms with E-state index in [4.69, 9.17) is 4.74 Å². The van der Waals surface area contributed by atoms with E-state index in [1.165, 1.54) is 51.4 Å². The van der Waals surface area contributed by atoms with E-state index in [2.05, 4.69) is 6.92 Å². The van der Waals surface area contributed by atoms with Crippen LogP contribution in [0.25, 0.3) is 0 Å². The molecule has 0 unspecified atom stereocenters. The van der Waals surface area contributed by atoms with Crippen molar-refractivity contribution in [2.24, 2.45) is 11.8 Å². The van der Waals surface area contributed by atoms with Crippen LogP contribution in [0.15, 0.2) is 0 Å². The maximum Gasteiger partial charge on any atom is 0.0490 e. The van der Waals surface area contributed by atoms with Gasteiger partial charge in [0.2, 0.25) is 0 Å². The molecule has 0 amide bonds. The summed E-state index contributed by atoms with van der Waals surface area (Å²) >= 11 is 0. The summed E-state index contributed by atoms with van der Waals surface area (Å²) in [6, 6.07) is 0. The molecule has 2 aliphatic carbocycles. The number of methoxy groups -OCH3 is 1. The van der Waals surface area contributed by atoms with E-state index in [1.807, 2.05) is 0 Å². The second-order valence-electron chi connectivity index (χ2n) is 5.00. The Morgan fingerprint density at radius 2 is 1.40 bits per heavy atom. The molecule has 0 bridgehead atoms. The number of hydrogen-bond acceptors (Lipinski definition) is 1. The summed E-state index contributed by atoms with van der Waals surface area (Å²) < 4.78 is 5.03. The molecule has 0 aromatic carbocycles. The van der Waals surface area contributed by atoms with Crippen molar-refractivity contribution >= 4 is 0 Å². The molecule has 0 saturated heterocycles. The van der Waals surface area contributed by atoms with Crippen LogP contribution >= 0.6 is 0 Å². The first-order chi connectivity index (χ1) is 6.83. The molecule has 1 heteroatoms. The molecule has 0 radical (unpaired) electrons. The molecular weight excluding hydrogens is 184 g/mol. The summed E-state index contributed by atoms with van der Waals surface area (Å²) in [4.78, 5) is 0. The molecule has 0 aromatic heterocycles. The maximum absolute atomic E-state index is 5.03. The molecule has 2 aliphatic rings. The van der Waals surface area contributed by atoms with Crippen molar-refractivity contribution < 1.29 is 4.74 Å². The summed E-state index contributed by atoms with van der Waals surface area (Å²) in [6.07, 6.45) is 11.6. The third-order valence-electron chi connectivity index (χ3n) is 3.52. The molecule has 92 valence electrons. The van der Waals surface area contributed by atoms with E-state index >= 15 is 0 Å². The van der Waals surface area contributed by atoms with Gasteiger partial charge in [0, 0.05) is 13.7 Å². The highest BCUT2D eigenvalue weighted by Crippen LogP contribution is 2.24. The van der Waals surface area contributed by atoms with Crippen LogP contribution in [0, 0.1) is 11.8 Å². The van der Waals surface area contributed by atoms with Crippen molar-refractivity contribution in [3.05, 3.63) is 0 Å². The third kappa shape index (κ3) is 6.94. The molecule has 2 saturated carbocycles. The zero-order chi connectivity index (χ0) is 10.2. The van der Waals surface area contributed by atoms with E-state index in [9.17, 15) is 0 Å². The van der Waals surface area contributed by atoms with E-state index in [1.54, 1.807) is 7.11 Å². The van der Waals surface area contributed by atoms with E-state index in [0.717, 1.165) is 18.4 Å². The molecule has 0 atom stereocenters. The minimum atomic E-state index is 0. The van der Waals surface area contributed by atoms with Crippen LogP contribution in [0.1, 0.15) is 65.7 Å². The van der Waals surface area contributed by atoms with E-state index in [0.29, 0.717) is 0 Å². The Morgan fingerprint density at radius 1 is 0.933 bits per heavy atom. The van der Waals surface area contributed by atoms with Crippen LogP contribution in [-0.4, -0.2) is 13.7 Å². The quantitative estimate of drug-likeness (QED) is 0.650. The zero-order valence-electron chi connectivity index (χ0n) is 9.93. The Hall–Kier alpha value is -0.0400. The summed E-state index contributed by atoms with van der Waals surface area (Å²) in [7, 11) is 1.79. The number of ether oxygens (including phenoxy) is 1. The van der Waals surface area contributed by atoms with E-state index < -0.39 is 0 Å². The molecule has 0 aliphatic heterocycles. The molecule has 15 heavy (non-hydrogen) atoms. The van der Waals surface area contributed by atoms with Crippen LogP contribution < -0.4 is 0 Å². The van der Waals surface area contributed by atoms with Gasteiger partial charge >= 0.3 is 0 Å². The minimum Gasteiger partial charge on any atom is -0.384 e. The van der Waals surface area contributed by atoms with Gasteiger partial charge in [-0.25, -0.2) is 0 Å². The lowest BCUT2D eigenvalue weighted by molar-refractivity contribution is 0.155. The Bertz CT molecular complexity index is 121. The van der Waals surface area contributed by atoms with Gasteiger partial charge in [0.1, 0.15) is 0 Å². The smallest absolute Gasteiger partial charge is 0.0490 e. The fourth-order valence-electron chi connectivity index (χ4n) is 2.54. The van der Waals surface area contributed by atoms with E-state index in [-0.39, 0.29) is 7.43 Å². The number of rotatable bonds is 2. The lowest BCUT2D eigenvalue weighted by Crippen LogP contribution is -2.01. The van der Waals surface area contributed by atoms with Gasteiger partial charge in [0.25, 0.3) is 0 Å². The van der Waals surface area contributed by atoms with Gasteiger partial charge in [-0.05, 0) is 24.7 Å². The zero-order valence-corrected chi connectivity index (χ0v) is 9.93. The standard InChI is InChI=1S/C7H14O.C6H12.CH4/c1-8-6-7-4-2-3-5-7;1-6-4-2-3-5-6;/h7H,2-6H2,1H3;6H,2-5H2,1H3;1H4. The van der Waals surface area contributed by atoms with Crippen LogP contribution in [0.2, 0.25) is 0 Å². The van der Waals surface area contributed by atoms with Crippen molar-refractivity contribution in [3.63, 3.8) is 0 Å². The SMILES string of the molecule is C.CC1CCCC1.COCC1CCCC1. The van der Waals surface area contributed by atoms with Crippen molar-refractivity contribution in [1.82, 2.24) is 0 Å². The Labute approximate surface area is 96.6 Å². The molecule has 2 fully saturated rings. The van der Waals surface area contributed by atoms with Gasteiger partial charge in [0.15, 0.2) is 0 Å². The maximum atomic E-state index is 5.03. The lowest BCUT2D eigenvalue weighted by Gasteiger charge is -2.04. The fraction of sp³-hybridized carbons (Fsp3) is 1.00. The Morgan fingerprint density at radius 3 is 1.73 bits per heavy atom. The third-order valence-corrected chi connectivity index (χ3v) is 3.52. The van der Waals surface area contributed by atoms with Crippen LogP contribution in [-0.2, 0) is 4.74 Å². The topological polar surface area (TPSA) is 9.23 Å². The second-order valence-corrected chi connectivity index (χ2v) is 5.00. The van der Waals surface area contributed by atoms with Crippen LogP contribution in [0.5, 0.6) is 0 Å². The molecule has 0 N–H and O–H groups in total. The van der Waals surface area contributed by atoms with Gasteiger partial charge < -0.3 is 4.74 Å². The highest BCUT2D eigenvalue weighted by Gasteiger charge is 2.13. The number of hydrogen-bond donors (Lipinski definition) is 0. The highest BCUT2D eigenvalue weighted by molar-refractivity contribution is 4.65. The first-order valence-corrected chi connectivity index (χ1v) is 6.32. The first kappa shape index (κ1) is 15.0. The van der Waals surface area contributed by atoms with Crippen LogP contribution in [0.3, 0.4) is 0 Å². The molecular formula is C14H30O. The predicted octanol–water partition coefficient (Wildman–Crippen LogP) is 4.66. The fourth-order valence-corrected chi connectivity index (χ4v) is 2.54. The average molecular weight is 214 g/mol. The minimum absolute atomic E-state index is 0. The van der Waals surface area contributed by atoms with Crippen molar-refractivity contribution in [3.8, 4) is 0 Å². The molecule has 2 rings (SSSR count). The normalized spacial score (nSPS) is 22.0. The molecule has 0 heterocycles. The van der Waals surface area contributed by atoms with Gasteiger partial charge in [-0.1, -0.05) is 52.9 Å². The second kappa shape index (κ2) is 9.21. The summed E-state index contributed by atoms with van der Waals surface area (Å²) in [5.74, 6) is 1.94. The van der Waals surface area contributed by atoms with Crippen molar-refractivity contribution in [1.29, 1.82) is 0 Å². The monoisotopic (exact) mass is 214 g/mol. The predicted molar refractivity (Wildman–Crippen MR) is 68.2 cm³/mol. The van der Waals surface area contributed by atoms with Gasteiger partial charge in [-0.3, -0.25) is 0 Å². The van der Waals surface area contributed by atoms with Crippen molar-refractivity contribution in [2.75, 3.05) is 13.7 Å². The molecule has 0 aromatic rings. The lowest BCUT2D eigenvalue weighted by atomic mass is 10.1. The van der Waals surface area contributed by atoms with Crippen molar-refractivity contribution in [2.45, 2.75) is 65.7 Å². The Balaban J connectivity index is 0.000000253.